The third-order valence-corrected chi connectivity index (χ3v) is 3.77. The zero-order valence-electron chi connectivity index (χ0n) is 14.4. The van der Waals surface area contributed by atoms with Crippen molar-refractivity contribution in [3.05, 3.63) is 48.0 Å². The Balaban J connectivity index is 1.36. The third kappa shape index (κ3) is 4.80. The molecule has 0 aromatic heterocycles. The van der Waals surface area contributed by atoms with Gasteiger partial charge in [0, 0.05) is 12.6 Å². The molecule has 0 saturated carbocycles. The molecule has 0 radical (unpaired) electrons. The van der Waals surface area contributed by atoms with Crippen LogP contribution in [0.5, 0.6) is 23.0 Å². The first-order valence-electron chi connectivity index (χ1n) is 8.27. The van der Waals surface area contributed by atoms with Crippen molar-refractivity contribution in [1.82, 2.24) is 5.32 Å². The number of aryl methyl sites for hydroxylation is 1. The van der Waals surface area contributed by atoms with Crippen molar-refractivity contribution in [1.29, 1.82) is 0 Å². The van der Waals surface area contributed by atoms with Gasteiger partial charge < -0.3 is 29.4 Å². The van der Waals surface area contributed by atoms with Gasteiger partial charge in [0.2, 0.25) is 6.79 Å². The van der Waals surface area contributed by atoms with Crippen molar-refractivity contribution in [2.45, 2.75) is 13.0 Å². The van der Waals surface area contributed by atoms with Crippen LogP contribution >= 0.6 is 0 Å². The van der Waals surface area contributed by atoms with Gasteiger partial charge in [-0.05, 0) is 30.7 Å². The highest BCUT2D eigenvalue weighted by molar-refractivity contribution is 5.77. The van der Waals surface area contributed by atoms with Gasteiger partial charge in [0.1, 0.15) is 24.2 Å². The standard InChI is InChI=1S/C19H21NO6/c1-13-4-2-3-5-16(13)24-11-19(22)20-9-14(21)10-23-15-6-7-17-18(8-15)26-12-25-17/h2-8,14,21H,9-12H2,1H3,(H,20,22). The van der Waals surface area contributed by atoms with Crippen LogP contribution in [-0.4, -0.2) is 43.7 Å². The molecule has 138 valence electrons. The molecule has 0 fully saturated rings. The van der Waals surface area contributed by atoms with Gasteiger partial charge in [-0.3, -0.25) is 4.79 Å². The van der Waals surface area contributed by atoms with E-state index in [1.165, 1.54) is 0 Å². The Morgan fingerprint density at radius 3 is 2.85 bits per heavy atom. The summed E-state index contributed by atoms with van der Waals surface area (Å²) in [6.07, 6.45) is -0.845. The average molecular weight is 359 g/mol. The Labute approximate surface area is 151 Å². The SMILES string of the molecule is Cc1ccccc1OCC(=O)NCC(O)COc1ccc2c(c1)OCO2. The number of rotatable bonds is 8. The van der Waals surface area contributed by atoms with Crippen LogP contribution in [-0.2, 0) is 4.79 Å². The number of fused-ring (bicyclic) bond motifs is 1. The summed E-state index contributed by atoms with van der Waals surface area (Å²) in [6.45, 7) is 2.10. The van der Waals surface area contributed by atoms with Crippen LogP contribution < -0.4 is 24.3 Å². The van der Waals surface area contributed by atoms with E-state index in [0.717, 1.165) is 5.56 Å². The second kappa shape index (κ2) is 8.44. The van der Waals surface area contributed by atoms with E-state index in [9.17, 15) is 9.90 Å². The number of benzene rings is 2. The second-order valence-corrected chi connectivity index (χ2v) is 5.84. The fourth-order valence-corrected chi connectivity index (χ4v) is 2.36. The van der Waals surface area contributed by atoms with Gasteiger partial charge in [-0.2, -0.15) is 0 Å². The molecule has 0 saturated heterocycles. The highest BCUT2D eigenvalue weighted by atomic mass is 16.7. The maximum atomic E-state index is 11.8. The molecule has 2 aromatic rings. The van der Waals surface area contributed by atoms with Crippen molar-refractivity contribution < 1.29 is 28.8 Å². The summed E-state index contributed by atoms with van der Waals surface area (Å²) in [5.41, 5.74) is 0.956. The number of aliphatic hydroxyl groups is 1. The molecule has 2 N–H and O–H groups in total. The molecule has 1 aliphatic heterocycles. The van der Waals surface area contributed by atoms with Crippen molar-refractivity contribution in [3.8, 4) is 23.0 Å². The fourth-order valence-electron chi connectivity index (χ4n) is 2.36. The molecule has 1 aliphatic rings. The van der Waals surface area contributed by atoms with Gasteiger partial charge in [0.15, 0.2) is 18.1 Å². The van der Waals surface area contributed by atoms with Gasteiger partial charge in [-0.15, -0.1) is 0 Å². The first kappa shape index (κ1) is 17.9. The normalized spacial score (nSPS) is 13.2. The molecule has 1 heterocycles. The minimum Gasteiger partial charge on any atom is -0.491 e. The number of para-hydroxylation sites is 1. The predicted octanol–water partition coefficient (Wildman–Crippen LogP) is 1.66. The third-order valence-electron chi connectivity index (χ3n) is 3.77. The van der Waals surface area contributed by atoms with E-state index in [-0.39, 0.29) is 32.5 Å². The summed E-state index contributed by atoms with van der Waals surface area (Å²) < 4.78 is 21.4. The summed E-state index contributed by atoms with van der Waals surface area (Å²) in [5, 5.41) is 12.6. The van der Waals surface area contributed by atoms with Crippen LogP contribution in [0, 0.1) is 6.92 Å². The predicted molar refractivity (Wildman–Crippen MR) is 93.8 cm³/mol. The van der Waals surface area contributed by atoms with Crippen LogP contribution in [0.4, 0.5) is 0 Å². The number of carbonyl (C=O) groups excluding carboxylic acids is 1. The summed E-state index contributed by atoms with van der Waals surface area (Å²) in [4.78, 5) is 11.8. The van der Waals surface area contributed by atoms with Crippen LogP contribution in [0.25, 0.3) is 0 Å². The summed E-state index contributed by atoms with van der Waals surface area (Å²) in [6, 6.07) is 12.6. The van der Waals surface area contributed by atoms with Crippen LogP contribution in [0.3, 0.4) is 0 Å². The number of hydrogen-bond acceptors (Lipinski definition) is 6. The molecule has 7 heteroatoms. The first-order chi connectivity index (χ1) is 12.6. The number of hydrogen-bond donors (Lipinski definition) is 2. The van der Waals surface area contributed by atoms with Gasteiger partial charge in [-0.1, -0.05) is 18.2 Å². The van der Waals surface area contributed by atoms with Crippen LogP contribution in [0.2, 0.25) is 0 Å². The number of nitrogens with one attached hydrogen (secondary N) is 1. The topological polar surface area (TPSA) is 86.3 Å². The second-order valence-electron chi connectivity index (χ2n) is 5.84. The van der Waals surface area contributed by atoms with Crippen molar-refractivity contribution >= 4 is 5.91 Å². The molecule has 26 heavy (non-hydrogen) atoms. The van der Waals surface area contributed by atoms with Crippen LogP contribution in [0.15, 0.2) is 42.5 Å². The lowest BCUT2D eigenvalue weighted by molar-refractivity contribution is -0.123. The molecule has 2 aromatic carbocycles. The Morgan fingerprint density at radius 2 is 2.00 bits per heavy atom. The Kier molecular flexibility index (Phi) is 5.80. The Bertz CT molecular complexity index is 763. The molecule has 0 bridgehead atoms. The van der Waals surface area contributed by atoms with Crippen molar-refractivity contribution in [2.24, 2.45) is 0 Å². The lowest BCUT2D eigenvalue weighted by Crippen LogP contribution is -2.37. The quantitative estimate of drug-likeness (QED) is 0.746. The maximum Gasteiger partial charge on any atom is 0.258 e. The zero-order valence-corrected chi connectivity index (χ0v) is 14.4. The monoisotopic (exact) mass is 359 g/mol. The van der Waals surface area contributed by atoms with Crippen molar-refractivity contribution in [2.75, 3.05) is 26.6 Å². The summed E-state index contributed by atoms with van der Waals surface area (Å²) in [7, 11) is 0. The molecular weight excluding hydrogens is 338 g/mol. The molecule has 7 nitrogen and oxygen atoms in total. The van der Waals surface area contributed by atoms with Crippen LogP contribution in [0.1, 0.15) is 5.56 Å². The lowest BCUT2D eigenvalue weighted by atomic mass is 10.2. The Morgan fingerprint density at radius 1 is 1.19 bits per heavy atom. The van der Waals surface area contributed by atoms with E-state index >= 15 is 0 Å². The van der Waals surface area contributed by atoms with Gasteiger partial charge in [0.05, 0.1) is 0 Å². The maximum absolute atomic E-state index is 11.8. The van der Waals surface area contributed by atoms with E-state index in [2.05, 4.69) is 5.32 Å². The van der Waals surface area contributed by atoms with Gasteiger partial charge in [-0.25, -0.2) is 0 Å². The van der Waals surface area contributed by atoms with E-state index < -0.39 is 6.10 Å². The largest absolute Gasteiger partial charge is 0.491 e. The summed E-state index contributed by atoms with van der Waals surface area (Å²) >= 11 is 0. The minimum atomic E-state index is -0.845. The fraction of sp³-hybridized carbons (Fsp3) is 0.316. The smallest absolute Gasteiger partial charge is 0.258 e. The molecular formula is C19H21NO6. The molecule has 1 atom stereocenters. The van der Waals surface area contributed by atoms with Gasteiger partial charge >= 0.3 is 0 Å². The minimum absolute atomic E-state index is 0.0403. The van der Waals surface area contributed by atoms with E-state index in [1.54, 1.807) is 24.3 Å². The van der Waals surface area contributed by atoms with E-state index in [0.29, 0.717) is 23.0 Å². The number of carbonyl (C=O) groups is 1. The highest BCUT2D eigenvalue weighted by Crippen LogP contribution is 2.35. The number of ether oxygens (including phenoxy) is 4. The lowest BCUT2D eigenvalue weighted by Gasteiger charge is -2.14. The molecule has 3 rings (SSSR count). The van der Waals surface area contributed by atoms with E-state index in [1.807, 2.05) is 25.1 Å². The highest BCUT2D eigenvalue weighted by Gasteiger charge is 2.15. The Hall–Kier alpha value is -2.93. The molecule has 0 spiro atoms. The molecule has 1 unspecified atom stereocenters. The van der Waals surface area contributed by atoms with Gasteiger partial charge in [0.25, 0.3) is 5.91 Å². The summed E-state index contributed by atoms with van der Waals surface area (Å²) in [5.74, 6) is 2.18. The molecule has 1 amide bonds. The zero-order chi connectivity index (χ0) is 18.4. The average Bonchev–Trinajstić information content (AvgIpc) is 3.12. The van der Waals surface area contributed by atoms with E-state index in [4.69, 9.17) is 18.9 Å². The molecule has 0 aliphatic carbocycles. The number of aliphatic hydroxyl groups excluding tert-OH is 1. The number of amides is 1. The van der Waals surface area contributed by atoms with Crippen molar-refractivity contribution in [3.63, 3.8) is 0 Å². The first-order valence-corrected chi connectivity index (χ1v) is 8.27.